The summed E-state index contributed by atoms with van der Waals surface area (Å²) in [6.07, 6.45) is 3.42. The van der Waals surface area contributed by atoms with E-state index >= 15 is 0 Å². The third-order valence-corrected chi connectivity index (χ3v) is 4.94. The van der Waals surface area contributed by atoms with Crippen molar-refractivity contribution >= 4 is 5.91 Å². The Labute approximate surface area is 205 Å². The standard InChI is InChI=1S/C27H29N3O5/c1-3-15-33-22-9-11-23(12-10-22)35-27-21(6-4-14-29-27)19-30-26(31)7-5-16-34-24-13-8-20(18-28)17-25(24)32-2/h4,6,8-14,17H,3,5,7,15-16,19H2,1-2H3,(H,30,31). The van der Waals surface area contributed by atoms with Crippen LogP contribution in [0.15, 0.2) is 60.8 Å². The van der Waals surface area contributed by atoms with Gasteiger partial charge in [-0.3, -0.25) is 4.79 Å². The molecule has 0 fully saturated rings. The number of carbonyl (C=O) groups is 1. The molecule has 1 heterocycles. The lowest BCUT2D eigenvalue weighted by molar-refractivity contribution is -0.121. The fraction of sp³-hybridized carbons (Fsp3) is 0.296. The monoisotopic (exact) mass is 475 g/mol. The predicted molar refractivity (Wildman–Crippen MR) is 131 cm³/mol. The third kappa shape index (κ3) is 7.93. The fourth-order valence-electron chi connectivity index (χ4n) is 3.14. The van der Waals surface area contributed by atoms with Crippen LogP contribution in [0.25, 0.3) is 0 Å². The highest BCUT2D eigenvalue weighted by Crippen LogP contribution is 2.28. The van der Waals surface area contributed by atoms with Gasteiger partial charge in [-0.2, -0.15) is 5.26 Å². The Kier molecular flexibility index (Phi) is 9.75. The number of benzene rings is 2. The van der Waals surface area contributed by atoms with Crippen LogP contribution < -0.4 is 24.3 Å². The first-order chi connectivity index (χ1) is 17.1. The molecule has 0 radical (unpaired) electrons. The van der Waals surface area contributed by atoms with Gasteiger partial charge >= 0.3 is 0 Å². The minimum absolute atomic E-state index is 0.104. The van der Waals surface area contributed by atoms with Gasteiger partial charge in [0.25, 0.3) is 0 Å². The molecule has 2 aromatic carbocycles. The van der Waals surface area contributed by atoms with Crippen molar-refractivity contribution < 1.29 is 23.7 Å². The van der Waals surface area contributed by atoms with Gasteiger partial charge in [-0.25, -0.2) is 4.98 Å². The summed E-state index contributed by atoms with van der Waals surface area (Å²) in [6, 6.07) is 18.0. The van der Waals surface area contributed by atoms with Gasteiger partial charge in [-0.05, 0) is 55.3 Å². The maximum Gasteiger partial charge on any atom is 0.224 e. The van der Waals surface area contributed by atoms with Crippen molar-refractivity contribution in [2.75, 3.05) is 20.3 Å². The molecule has 182 valence electrons. The van der Waals surface area contributed by atoms with Crippen LogP contribution in [-0.4, -0.2) is 31.2 Å². The van der Waals surface area contributed by atoms with E-state index in [2.05, 4.69) is 23.3 Å². The highest BCUT2D eigenvalue weighted by molar-refractivity contribution is 5.75. The second kappa shape index (κ2) is 13.5. The van der Waals surface area contributed by atoms with Crippen LogP contribution in [0.3, 0.4) is 0 Å². The molecule has 0 spiro atoms. The summed E-state index contributed by atoms with van der Waals surface area (Å²) in [5.74, 6) is 2.78. The molecule has 3 aromatic rings. The van der Waals surface area contributed by atoms with Crippen molar-refractivity contribution in [3.8, 4) is 34.9 Å². The second-order valence-electron chi connectivity index (χ2n) is 7.60. The number of amides is 1. The zero-order chi connectivity index (χ0) is 24.9. The first-order valence-electron chi connectivity index (χ1n) is 11.4. The number of methoxy groups -OCH3 is 1. The first-order valence-corrected chi connectivity index (χ1v) is 11.4. The van der Waals surface area contributed by atoms with E-state index in [9.17, 15) is 4.79 Å². The van der Waals surface area contributed by atoms with Crippen molar-refractivity contribution in [1.29, 1.82) is 5.26 Å². The number of hydrogen-bond donors (Lipinski definition) is 1. The number of aromatic nitrogens is 1. The molecule has 8 heteroatoms. The molecule has 0 aliphatic heterocycles. The van der Waals surface area contributed by atoms with Gasteiger partial charge < -0.3 is 24.3 Å². The number of ether oxygens (including phenoxy) is 4. The molecule has 0 saturated carbocycles. The number of carbonyl (C=O) groups excluding carboxylic acids is 1. The largest absolute Gasteiger partial charge is 0.494 e. The van der Waals surface area contributed by atoms with Crippen molar-refractivity contribution in [3.63, 3.8) is 0 Å². The van der Waals surface area contributed by atoms with Gasteiger partial charge in [-0.1, -0.05) is 13.0 Å². The highest BCUT2D eigenvalue weighted by atomic mass is 16.5. The SMILES string of the molecule is CCCOc1ccc(Oc2ncccc2CNC(=O)CCCOc2ccc(C#N)cc2OC)cc1. The van der Waals surface area contributed by atoms with Gasteiger partial charge in [0.15, 0.2) is 11.5 Å². The maximum atomic E-state index is 12.3. The summed E-state index contributed by atoms with van der Waals surface area (Å²) in [7, 11) is 1.52. The van der Waals surface area contributed by atoms with E-state index in [-0.39, 0.29) is 5.91 Å². The molecular formula is C27H29N3O5. The Hall–Kier alpha value is -4.25. The summed E-state index contributed by atoms with van der Waals surface area (Å²) in [4.78, 5) is 16.6. The quantitative estimate of drug-likeness (QED) is 0.346. The van der Waals surface area contributed by atoms with Crippen molar-refractivity contribution in [2.45, 2.75) is 32.7 Å². The molecule has 8 nitrogen and oxygen atoms in total. The summed E-state index contributed by atoms with van der Waals surface area (Å²) < 4.78 is 22.5. The lowest BCUT2D eigenvalue weighted by atomic mass is 10.2. The van der Waals surface area contributed by atoms with E-state index in [1.54, 1.807) is 30.5 Å². The second-order valence-corrected chi connectivity index (χ2v) is 7.60. The van der Waals surface area contributed by atoms with E-state index in [4.69, 9.17) is 24.2 Å². The van der Waals surface area contributed by atoms with Crippen molar-refractivity contribution in [2.24, 2.45) is 0 Å². The van der Waals surface area contributed by atoms with E-state index in [1.807, 2.05) is 30.3 Å². The molecule has 0 atom stereocenters. The van der Waals surface area contributed by atoms with Gasteiger partial charge in [0.1, 0.15) is 11.5 Å². The number of hydrogen-bond acceptors (Lipinski definition) is 7. The van der Waals surface area contributed by atoms with E-state index in [0.717, 1.165) is 17.7 Å². The smallest absolute Gasteiger partial charge is 0.224 e. The Bertz CT molecular complexity index is 1140. The number of nitriles is 1. The average molecular weight is 476 g/mol. The molecule has 0 aliphatic carbocycles. The zero-order valence-corrected chi connectivity index (χ0v) is 20.0. The Morgan fingerprint density at radius 3 is 2.57 bits per heavy atom. The Balaban J connectivity index is 1.45. The zero-order valence-electron chi connectivity index (χ0n) is 20.0. The number of nitrogens with zero attached hydrogens (tertiary/aromatic N) is 2. The van der Waals surface area contributed by atoms with Crippen LogP contribution in [0.5, 0.6) is 28.9 Å². The number of rotatable bonds is 13. The van der Waals surface area contributed by atoms with E-state index < -0.39 is 0 Å². The molecule has 0 unspecified atom stereocenters. The minimum Gasteiger partial charge on any atom is -0.494 e. The molecule has 1 amide bonds. The van der Waals surface area contributed by atoms with Crippen molar-refractivity contribution in [1.82, 2.24) is 10.3 Å². The Morgan fingerprint density at radius 2 is 1.83 bits per heavy atom. The van der Waals surface area contributed by atoms with Crippen LogP contribution in [0.1, 0.15) is 37.3 Å². The van der Waals surface area contributed by atoms with Crippen LogP contribution in [-0.2, 0) is 11.3 Å². The van der Waals surface area contributed by atoms with Crippen LogP contribution in [0.4, 0.5) is 0 Å². The molecule has 35 heavy (non-hydrogen) atoms. The molecule has 1 aromatic heterocycles. The maximum absolute atomic E-state index is 12.3. The van der Waals surface area contributed by atoms with Gasteiger partial charge in [-0.15, -0.1) is 0 Å². The van der Waals surface area contributed by atoms with Gasteiger partial charge in [0.05, 0.1) is 32.0 Å². The average Bonchev–Trinajstić information content (AvgIpc) is 2.90. The molecule has 0 bridgehead atoms. The van der Waals surface area contributed by atoms with Crippen LogP contribution in [0.2, 0.25) is 0 Å². The summed E-state index contributed by atoms with van der Waals surface area (Å²) in [5.41, 5.74) is 1.26. The molecule has 0 aliphatic rings. The Morgan fingerprint density at radius 1 is 1.03 bits per heavy atom. The van der Waals surface area contributed by atoms with Gasteiger partial charge in [0, 0.05) is 30.8 Å². The predicted octanol–water partition coefficient (Wildman–Crippen LogP) is 5.02. The highest BCUT2D eigenvalue weighted by Gasteiger charge is 2.10. The van der Waals surface area contributed by atoms with E-state index in [0.29, 0.717) is 61.3 Å². The van der Waals surface area contributed by atoms with Gasteiger partial charge in [0.2, 0.25) is 11.8 Å². The molecule has 3 rings (SSSR count). The lowest BCUT2D eigenvalue weighted by Gasteiger charge is -2.12. The van der Waals surface area contributed by atoms with Crippen LogP contribution >= 0.6 is 0 Å². The molecule has 0 saturated heterocycles. The summed E-state index contributed by atoms with van der Waals surface area (Å²) in [5, 5.41) is 11.9. The van der Waals surface area contributed by atoms with Crippen molar-refractivity contribution in [3.05, 3.63) is 71.9 Å². The molecule has 1 N–H and O–H groups in total. The fourth-order valence-corrected chi connectivity index (χ4v) is 3.14. The lowest BCUT2D eigenvalue weighted by Crippen LogP contribution is -2.23. The summed E-state index contributed by atoms with van der Waals surface area (Å²) in [6.45, 7) is 3.36. The number of pyridine rings is 1. The normalized spacial score (nSPS) is 10.2. The minimum atomic E-state index is -0.104. The number of nitrogens with one attached hydrogen (secondary N) is 1. The first kappa shape index (κ1) is 25.4. The van der Waals surface area contributed by atoms with E-state index in [1.165, 1.54) is 7.11 Å². The van der Waals surface area contributed by atoms with Crippen LogP contribution in [0, 0.1) is 11.3 Å². The molecular weight excluding hydrogens is 446 g/mol. The topological polar surface area (TPSA) is 103 Å². The third-order valence-electron chi connectivity index (χ3n) is 4.94. The summed E-state index contributed by atoms with van der Waals surface area (Å²) >= 11 is 0.